The van der Waals surface area contributed by atoms with Gasteiger partial charge >= 0.3 is 0 Å². The Labute approximate surface area is 237 Å². The number of carbonyl (C=O) groups excluding carboxylic acids is 3. The number of hydrogen-bond donors (Lipinski definition) is 3. The molecule has 2 unspecified atom stereocenters. The second-order valence-corrected chi connectivity index (χ2v) is 15.5. The number of aliphatic hydroxyl groups excluding tert-OH is 1. The van der Waals surface area contributed by atoms with Crippen LogP contribution in [0.1, 0.15) is 74.7 Å². The Hall–Kier alpha value is -2.26. The van der Waals surface area contributed by atoms with E-state index in [1.165, 1.54) is 0 Å². The lowest BCUT2D eigenvalue weighted by Gasteiger charge is -2.40. The van der Waals surface area contributed by atoms with Crippen LogP contribution in [-0.2, 0) is 14.4 Å². The van der Waals surface area contributed by atoms with Crippen LogP contribution in [0.3, 0.4) is 0 Å². The molecule has 39 heavy (non-hydrogen) atoms. The molecule has 3 aliphatic heterocycles. The van der Waals surface area contributed by atoms with Crippen molar-refractivity contribution in [2.24, 2.45) is 17.3 Å². The highest BCUT2D eigenvalue weighted by atomic mass is 32.2. The number of likely N-dealkylation sites (tertiary alicyclic amines) is 1. The Morgan fingerprint density at radius 1 is 1.15 bits per heavy atom. The number of nitrogens with one attached hydrogen (secondary N) is 2. The van der Waals surface area contributed by atoms with Gasteiger partial charge in [0, 0.05) is 16.0 Å². The first-order valence-corrected chi connectivity index (χ1v) is 14.9. The van der Waals surface area contributed by atoms with Gasteiger partial charge in [-0.05, 0) is 83.6 Å². The van der Waals surface area contributed by atoms with Crippen molar-refractivity contribution < 1.29 is 24.2 Å². The van der Waals surface area contributed by atoms with E-state index >= 15 is 0 Å². The second kappa shape index (κ2) is 10.3. The zero-order valence-corrected chi connectivity index (χ0v) is 25.4. The fourth-order valence-corrected chi connectivity index (χ4v) is 9.76. The van der Waals surface area contributed by atoms with Gasteiger partial charge in [0.25, 0.3) is 0 Å². The molecule has 3 aliphatic rings. The second-order valence-electron chi connectivity index (χ2n) is 13.6. The summed E-state index contributed by atoms with van der Waals surface area (Å²) in [5.41, 5.74) is 0.147. The summed E-state index contributed by atoms with van der Waals surface area (Å²) in [5, 5.41) is 16.4. The topological polar surface area (TPSA) is 108 Å². The maximum Gasteiger partial charge on any atom is 0.244 e. The summed E-state index contributed by atoms with van der Waals surface area (Å²) in [6.07, 6.45) is 2.17. The van der Waals surface area contributed by atoms with Crippen LogP contribution in [0.5, 0.6) is 5.75 Å². The number of rotatable bonds is 9. The Morgan fingerprint density at radius 2 is 1.79 bits per heavy atom. The highest BCUT2D eigenvalue weighted by Crippen LogP contribution is 2.71. The van der Waals surface area contributed by atoms with E-state index < -0.39 is 39.0 Å². The van der Waals surface area contributed by atoms with Crippen LogP contribution in [0.2, 0.25) is 0 Å². The van der Waals surface area contributed by atoms with E-state index in [4.69, 9.17) is 4.74 Å². The molecule has 2 bridgehead atoms. The van der Waals surface area contributed by atoms with E-state index in [-0.39, 0.29) is 29.7 Å². The van der Waals surface area contributed by atoms with Gasteiger partial charge in [-0.1, -0.05) is 20.8 Å². The number of nitrogens with zero attached hydrogens (tertiary/aromatic N) is 1. The standard InChI is InChI=1S/C30H45N3O5S/c1-9-38-20-12-10-19(11-13-20)31-24(35)21-22-26(37)33(18(2)16-34)23(30(22)15-14-29(21,8)39-30)25(36)32-28(6,7)17-27(3,4)5/h10-13,18,21-23,34H,9,14-17H2,1-8H3,(H,31,35)(H,32,36)/t18-,21-,22+,23?,29+,30?/m1/s1. The smallest absolute Gasteiger partial charge is 0.244 e. The number of ether oxygens (including phenoxy) is 1. The minimum atomic E-state index is -0.758. The number of carbonyl (C=O) groups is 3. The Kier molecular flexibility index (Phi) is 7.84. The van der Waals surface area contributed by atoms with Crippen LogP contribution in [0, 0.1) is 17.3 Å². The largest absolute Gasteiger partial charge is 0.494 e. The van der Waals surface area contributed by atoms with Crippen LogP contribution in [0.4, 0.5) is 5.69 Å². The quantitative estimate of drug-likeness (QED) is 0.418. The Bertz CT molecular complexity index is 1120. The third-order valence-corrected chi connectivity index (χ3v) is 10.3. The molecule has 6 atom stereocenters. The van der Waals surface area contributed by atoms with Crippen molar-refractivity contribution in [2.75, 3.05) is 18.5 Å². The van der Waals surface area contributed by atoms with Crippen LogP contribution in [0.15, 0.2) is 24.3 Å². The van der Waals surface area contributed by atoms with Gasteiger partial charge in [0.2, 0.25) is 17.7 Å². The predicted molar refractivity (Wildman–Crippen MR) is 155 cm³/mol. The van der Waals surface area contributed by atoms with E-state index in [9.17, 15) is 19.5 Å². The number of anilines is 1. The van der Waals surface area contributed by atoms with Crippen molar-refractivity contribution in [3.63, 3.8) is 0 Å². The van der Waals surface area contributed by atoms with Crippen molar-refractivity contribution >= 4 is 35.2 Å². The van der Waals surface area contributed by atoms with E-state index in [2.05, 4.69) is 38.3 Å². The van der Waals surface area contributed by atoms with Crippen LogP contribution in [-0.4, -0.2) is 68.1 Å². The molecule has 1 spiro atoms. The van der Waals surface area contributed by atoms with Gasteiger partial charge in [0.05, 0.1) is 35.8 Å². The molecule has 3 N–H and O–H groups in total. The third-order valence-electron chi connectivity index (χ3n) is 8.35. The number of amides is 3. The first-order valence-electron chi connectivity index (χ1n) is 14.1. The van der Waals surface area contributed by atoms with Crippen LogP contribution >= 0.6 is 11.8 Å². The van der Waals surface area contributed by atoms with Crippen LogP contribution in [0.25, 0.3) is 0 Å². The van der Waals surface area contributed by atoms with Crippen LogP contribution < -0.4 is 15.4 Å². The molecule has 0 aromatic heterocycles. The fourth-order valence-electron chi connectivity index (χ4n) is 7.42. The molecular formula is C30H45N3O5S. The normalized spacial score (nSPS) is 30.7. The summed E-state index contributed by atoms with van der Waals surface area (Å²) < 4.78 is 4.31. The molecule has 3 saturated heterocycles. The molecule has 0 saturated carbocycles. The van der Waals surface area contributed by atoms with E-state index in [0.717, 1.165) is 18.6 Å². The molecular weight excluding hydrogens is 514 g/mol. The summed E-state index contributed by atoms with van der Waals surface area (Å²) in [4.78, 5) is 43.6. The molecule has 9 heteroatoms. The van der Waals surface area contributed by atoms with Gasteiger partial charge < -0.3 is 25.4 Å². The number of hydrogen-bond acceptors (Lipinski definition) is 6. The van der Waals surface area contributed by atoms with Crippen molar-refractivity contribution in [3.8, 4) is 5.75 Å². The summed E-state index contributed by atoms with van der Waals surface area (Å²) in [5.74, 6) is -1.14. The maximum atomic E-state index is 14.1. The first kappa shape index (κ1) is 29.7. The molecule has 3 amide bonds. The van der Waals surface area contributed by atoms with Gasteiger partial charge in [0.1, 0.15) is 11.8 Å². The summed E-state index contributed by atoms with van der Waals surface area (Å²) in [7, 11) is 0. The van der Waals surface area contributed by atoms with Crippen molar-refractivity contribution in [3.05, 3.63) is 24.3 Å². The van der Waals surface area contributed by atoms with Gasteiger partial charge in [-0.2, -0.15) is 0 Å². The zero-order chi connectivity index (χ0) is 29.0. The van der Waals surface area contributed by atoms with Gasteiger partial charge in [-0.15, -0.1) is 11.8 Å². The molecule has 1 aromatic carbocycles. The average molecular weight is 560 g/mol. The number of benzene rings is 1. The van der Waals surface area contributed by atoms with Crippen molar-refractivity contribution in [2.45, 2.75) is 102 Å². The molecule has 0 aliphatic carbocycles. The van der Waals surface area contributed by atoms with Gasteiger partial charge in [0.15, 0.2) is 0 Å². The summed E-state index contributed by atoms with van der Waals surface area (Å²) in [6.45, 7) is 16.5. The first-order chi connectivity index (χ1) is 18.1. The fraction of sp³-hybridized carbons (Fsp3) is 0.700. The van der Waals surface area contributed by atoms with E-state index in [0.29, 0.717) is 18.7 Å². The number of thioether (sulfide) groups is 1. The zero-order valence-electron chi connectivity index (χ0n) is 24.6. The number of fused-ring (bicyclic) bond motifs is 1. The summed E-state index contributed by atoms with van der Waals surface area (Å²) in [6, 6.07) is 5.91. The SMILES string of the molecule is CCOc1ccc(NC(=O)[C@H]2[C@H]3C(=O)N([C@H](C)CO)C(C(=O)NC(C)(C)CC(C)(C)C)C34CC[C@]2(C)S4)cc1. The lowest BCUT2D eigenvalue weighted by molar-refractivity contribution is -0.142. The Balaban J connectivity index is 1.66. The molecule has 3 heterocycles. The third kappa shape index (κ3) is 5.41. The van der Waals surface area contributed by atoms with Gasteiger partial charge in [-0.25, -0.2) is 0 Å². The molecule has 216 valence electrons. The highest BCUT2D eigenvalue weighted by Gasteiger charge is 2.77. The van der Waals surface area contributed by atoms with Crippen molar-refractivity contribution in [1.82, 2.24) is 10.2 Å². The van der Waals surface area contributed by atoms with Gasteiger partial charge in [-0.3, -0.25) is 14.4 Å². The minimum absolute atomic E-state index is 0.000730. The lowest BCUT2D eigenvalue weighted by atomic mass is 9.66. The lowest BCUT2D eigenvalue weighted by Crippen LogP contribution is -2.59. The molecule has 4 rings (SSSR count). The van der Waals surface area contributed by atoms with Crippen molar-refractivity contribution in [1.29, 1.82) is 0 Å². The number of aliphatic hydroxyl groups is 1. The molecule has 8 nitrogen and oxygen atoms in total. The predicted octanol–water partition coefficient (Wildman–Crippen LogP) is 4.22. The molecule has 0 radical (unpaired) electrons. The minimum Gasteiger partial charge on any atom is -0.494 e. The summed E-state index contributed by atoms with van der Waals surface area (Å²) >= 11 is 1.63. The average Bonchev–Trinajstić information content (AvgIpc) is 3.38. The highest BCUT2D eigenvalue weighted by molar-refractivity contribution is 8.02. The van der Waals surface area contributed by atoms with E-state index in [1.807, 2.05) is 32.9 Å². The Morgan fingerprint density at radius 3 is 2.36 bits per heavy atom. The molecule has 3 fully saturated rings. The monoisotopic (exact) mass is 559 g/mol. The molecule has 1 aromatic rings. The maximum absolute atomic E-state index is 14.1. The van der Waals surface area contributed by atoms with E-state index in [1.54, 1.807) is 35.7 Å².